The van der Waals surface area contributed by atoms with E-state index in [0.29, 0.717) is 19.5 Å². The summed E-state index contributed by atoms with van der Waals surface area (Å²) < 4.78 is 1.21. The molecule has 64 valence electrons. The van der Waals surface area contributed by atoms with Gasteiger partial charge in [-0.25, -0.2) is 0 Å². The smallest absolute Gasteiger partial charge is 0.253 e. The van der Waals surface area contributed by atoms with Gasteiger partial charge in [-0.15, -0.1) is 0 Å². The number of halogens is 4. The quantitative estimate of drug-likeness (QED) is 0.555. The summed E-state index contributed by atoms with van der Waals surface area (Å²) in [5.74, 6) is 0. The molecule has 1 aromatic rings. The van der Waals surface area contributed by atoms with Gasteiger partial charge in [0.05, 0.1) is 9.50 Å². The first-order valence-corrected chi connectivity index (χ1v) is 5.21. The molecule has 0 fully saturated rings. The third kappa shape index (κ3) is 2.02. The first-order valence-electron chi connectivity index (χ1n) is 2.87. The van der Waals surface area contributed by atoms with E-state index in [-0.39, 0.29) is 0 Å². The Morgan fingerprint density at radius 3 is 2.33 bits per heavy atom. The lowest BCUT2D eigenvalue weighted by Crippen LogP contribution is -1.90. The Bertz CT molecular complexity index is 338. The monoisotopic (exact) mass is 330 g/mol. The van der Waals surface area contributed by atoms with Gasteiger partial charge in [0.25, 0.3) is 5.24 Å². The molecule has 1 rings (SSSR count). The molecule has 0 spiro atoms. The average molecular weight is 333 g/mol. The van der Waals surface area contributed by atoms with Gasteiger partial charge >= 0.3 is 0 Å². The van der Waals surface area contributed by atoms with Crippen molar-refractivity contribution in [1.29, 1.82) is 0 Å². The first kappa shape index (κ1) is 10.5. The van der Waals surface area contributed by atoms with Gasteiger partial charge in [-0.2, -0.15) is 0 Å². The first-order chi connectivity index (χ1) is 5.54. The van der Waals surface area contributed by atoms with Gasteiger partial charge in [0.1, 0.15) is 0 Å². The summed E-state index contributed by atoms with van der Waals surface area (Å²) in [6, 6.07) is 3.17. The number of hydrogen-bond acceptors (Lipinski definition) is 1. The Kier molecular flexibility index (Phi) is 3.58. The fraction of sp³-hybridized carbons (Fsp3) is 0. The van der Waals surface area contributed by atoms with Crippen LogP contribution in [0.5, 0.6) is 0 Å². The van der Waals surface area contributed by atoms with Crippen molar-refractivity contribution in [1.82, 2.24) is 0 Å². The number of carbonyl (C=O) groups is 1. The van der Waals surface area contributed by atoms with E-state index in [2.05, 4.69) is 31.9 Å². The van der Waals surface area contributed by atoms with Gasteiger partial charge in [-0.05, 0) is 55.6 Å². The fourth-order valence-electron chi connectivity index (χ4n) is 0.678. The second-order valence-electron chi connectivity index (χ2n) is 2.00. The molecule has 1 aromatic carbocycles. The summed E-state index contributed by atoms with van der Waals surface area (Å²) in [5, 5.41) is 0.0165. The molecule has 5 heteroatoms. The second-order valence-corrected chi connectivity index (χ2v) is 4.33. The largest absolute Gasteiger partial charge is 0.276 e. The van der Waals surface area contributed by atoms with E-state index in [1.54, 1.807) is 12.1 Å². The van der Waals surface area contributed by atoms with Gasteiger partial charge in [0, 0.05) is 10.0 Å². The van der Waals surface area contributed by atoms with Crippen LogP contribution in [0.15, 0.2) is 21.1 Å². The molecule has 0 unspecified atom stereocenters. The third-order valence-electron chi connectivity index (χ3n) is 1.25. The van der Waals surface area contributed by atoms with Crippen LogP contribution in [0, 0.1) is 0 Å². The zero-order valence-electron chi connectivity index (χ0n) is 5.57. The summed E-state index contributed by atoms with van der Waals surface area (Å²) in [7, 11) is 0. The van der Waals surface area contributed by atoms with Crippen LogP contribution in [0.1, 0.15) is 10.4 Å². The Morgan fingerprint density at radius 2 is 1.83 bits per heavy atom. The minimum atomic E-state index is -0.515. The lowest BCUT2D eigenvalue weighted by molar-refractivity contribution is 0.108. The Hall–Kier alpha value is 0.430. The molecule has 1 nitrogen and oxygen atoms in total. The number of benzene rings is 1. The predicted molar refractivity (Wildman–Crippen MR) is 57.0 cm³/mol. The maximum Gasteiger partial charge on any atom is 0.253 e. The SMILES string of the molecule is O=C(Cl)c1ccc(Cl)c(Br)c1Br. The lowest BCUT2D eigenvalue weighted by atomic mass is 10.2. The van der Waals surface area contributed by atoms with Gasteiger partial charge < -0.3 is 0 Å². The van der Waals surface area contributed by atoms with E-state index in [9.17, 15) is 4.79 Å². The highest BCUT2D eigenvalue weighted by atomic mass is 79.9. The fourth-order valence-corrected chi connectivity index (χ4v) is 2.09. The van der Waals surface area contributed by atoms with Gasteiger partial charge in [0.2, 0.25) is 0 Å². The summed E-state index contributed by atoms with van der Waals surface area (Å²) in [4.78, 5) is 10.8. The van der Waals surface area contributed by atoms with Crippen molar-refractivity contribution in [3.63, 3.8) is 0 Å². The van der Waals surface area contributed by atoms with E-state index >= 15 is 0 Å². The average Bonchev–Trinajstić information content (AvgIpc) is 2.00. The molecule has 0 heterocycles. The topological polar surface area (TPSA) is 17.1 Å². The zero-order valence-corrected chi connectivity index (χ0v) is 10.3. The molecule has 0 aliphatic rings. The number of carbonyl (C=O) groups excluding carboxylic acids is 1. The van der Waals surface area contributed by atoms with Crippen molar-refractivity contribution in [3.8, 4) is 0 Å². The van der Waals surface area contributed by atoms with Crippen molar-refractivity contribution in [3.05, 3.63) is 31.7 Å². The van der Waals surface area contributed by atoms with Crippen LogP contribution in [0.4, 0.5) is 0 Å². The molecular weight excluding hydrogens is 331 g/mol. The highest BCUT2D eigenvalue weighted by Gasteiger charge is 2.11. The maximum atomic E-state index is 10.8. The minimum absolute atomic E-state index is 0.396. The molecule has 0 aliphatic heterocycles. The molecule has 0 bridgehead atoms. The Labute approximate surface area is 96.3 Å². The molecule has 0 N–H and O–H groups in total. The molecule has 0 aliphatic carbocycles. The standard InChI is InChI=1S/C7H2Br2Cl2O/c8-5-3(7(11)12)1-2-4(10)6(5)9/h1-2H. The molecule has 0 radical (unpaired) electrons. The van der Waals surface area contributed by atoms with E-state index < -0.39 is 5.24 Å². The van der Waals surface area contributed by atoms with Crippen molar-refractivity contribution in [2.24, 2.45) is 0 Å². The highest BCUT2D eigenvalue weighted by molar-refractivity contribution is 9.13. The van der Waals surface area contributed by atoms with Crippen LogP contribution in [-0.4, -0.2) is 5.24 Å². The highest BCUT2D eigenvalue weighted by Crippen LogP contribution is 2.33. The molecule has 0 aromatic heterocycles. The van der Waals surface area contributed by atoms with Crippen LogP contribution >= 0.6 is 55.1 Å². The second kappa shape index (κ2) is 4.09. The molecule has 0 amide bonds. The van der Waals surface area contributed by atoms with Crippen molar-refractivity contribution < 1.29 is 4.79 Å². The molecule has 0 atom stereocenters. The zero-order chi connectivity index (χ0) is 9.30. The lowest BCUT2D eigenvalue weighted by Gasteiger charge is -2.02. The maximum absolute atomic E-state index is 10.8. The Morgan fingerprint density at radius 1 is 1.25 bits per heavy atom. The van der Waals surface area contributed by atoms with Gasteiger partial charge in [-0.1, -0.05) is 11.6 Å². The minimum Gasteiger partial charge on any atom is -0.276 e. The number of hydrogen-bond donors (Lipinski definition) is 0. The van der Waals surface area contributed by atoms with E-state index in [0.717, 1.165) is 0 Å². The predicted octanol–water partition coefficient (Wildman–Crippen LogP) is 4.24. The van der Waals surface area contributed by atoms with E-state index in [1.165, 1.54) is 0 Å². The Balaban J connectivity index is 3.36. The summed E-state index contributed by atoms with van der Waals surface area (Å²) in [6.07, 6.45) is 0. The summed E-state index contributed by atoms with van der Waals surface area (Å²) in [6.45, 7) is 0. The summed E-state index contributed by atoms with van der Waals surface area (Å²) in [5.41, 5.74) is 0.396. The van der Waals surface area contributed by atoms with Crippen LogP contribution < -0.4 is 0 Å². The van der Waals surface area contributed by atoms with E-state index in [1.807, 2.05) is 0 Å². The van der Waals surface area contributed by atoms with E-state index in [4.69, 9.17) is 23.2 Å². The van der Waals surface area contributed by atoms with Crippen molar-refractivity contribution in [2.75, 3.05) is 0 Å². The molecule has 0 saturated heterocycles. The summed E-state index contributed by atoms with van der Waals surface area (Å²) >= 11 is 17.5. The molecule has 0 saturated carbocycles. The van der Waals surface area contributed by atoms with Crippen LogP contribution in [-0.2, 0) is 0 Å². The van der Waals surface area contributed by atoms with Crippen molar-refractivity contribution in [2.45, 2.75) is 0 Å². The van der Waals surface area contributed by atoms with Crippen LogP contribution in [0.25, 0.3) is 0 Å². The van der Waals surface area contributed by atoms with Crippen molar-refractivity contribution >= 4 is 60.3 Å². The molecule has 12 heavy (non-hydrogen) atoms. The number of rotatable bonds is 1. The molecular formula is C7H2Br2Cl2O. The normalized spacial score (nSPS) is 10.0. The van der Waals surface area contributed by atoms with Gasteiger partial charge in [-0.3, -0.25) is 4.79 Å². The third-order valence-corrected chi connectivity index (χ3v) is 4.17. The van der Waals surface area contributed by atoms with Crippen LogP contribution in [0.2, 0.25) is 5.02 Å². The van der Waals surface area contributed by atoms with Gasteiger partial charge in [0.15, 0.2) is 0 Å². The van der Waals surface area contributed by atoms with Crippen LogP contribution in [0.3, 0.4) is 0 Å².